The zero-order chi connectivity index (χ0) is 27.7. The molecule has 2 aliphatic rings. The Morgan fingerprint density at radius 3 is 2.47 bits per heavy atom. The van der Waals surface area contributed by atoms with Gasteiger partial charge in [-0.25, -0.2) is 21.6 Å². The number of carbonyl (C=O) groups excluding carboxylic acids is 2. The van der Waals surface area contributed by atoms with E-state index in [1.54, 1.807) is 6.92 Å². The fraction of sp³-hybridized carbons (Fsp3) is 0.500. The van der Waals surface area contributed by atoms with Crippen molar-refractivity contribution in [2.24, 2.45) is 5.92 Å². The SMILES string of the molecule is CCCS(=O)(=O)c1cccc(C(=O)N2CCCC[C@@H]2C(=O)N[C@@H](c2ccc(C(C)(F)F)cc2F)C2CC2)c1. The number of likely N-dealkylation sites (tertiary alicyclic amines) is 1. The maximum Gasteiger partial charge on any atom is 0.270 e. The molecule has 2 atom stereocenters. The number of halogens is 3. The number of hydrogen-bond donors (Lipinski definition) is 1. The largest absolute Gasteiger partial charge is 0.347 e. The van der Waals surface area contributed by atoms with Gasteiger partial charge in [0.25, 0.3) is 11.8 Å². The lowest BCUT2D eigenvalue weighted by Crippen LogP contribution is -2.52. The van der Waals surface area contributed by atoms with Gasteiger partial charge in [-0.3, -0.25) is 9.59 Å². The van der Waals surface area contributed by atoms with Gasteiger partial charge in [0.1, 0.15) is 11.9 Å². The number of carbonyl (C=O) groups is 2. The molecule has 1 heterocycles. The molecule has 1 saturated heterocycles. The first-order chi connectivity index (χ1) is 17.9. The number of alkyl halides is 2. The predicted molar refractivity (Wildman–Crippen MR) is 137 cm³/mol. The maximum absolute atomic E-state index is 14.9. The van der Waals surface area contributed by atoms with Crippen LogP contribution in [0.4, 0.5) is 13.2 Å². The van der Waals surface area contributed by atoms with Gasteiger partial charge in [-0.1, -0.05) is 25.1 Å². The van der Waals surface area contributed by atoms with Crippen molar-refractivity contribution >= 4 is 21.7 Å². The summed E-state index contributed by atoms with van der Waals surface area (Å²) in [5.74, 6) is -4.92. The van der Waals surface area contributed by atoms with Crippen LogP contribution < -0.4 is 5.32 Å². The van der Waals surface area contributed by atoms with Gasteiger partial charge >= 0.3 is 0 Å². The third-order valence-corrected chi connectivity index (χ3v) is 9.13. The minimum absolute atomic E-state index is 0.0189. The summed E-state index contributed by atoms with van der Waals surface area (Å²) in [4.78, 5) is 28.4. The molecule has 0 radical (unpaired) electrons. The molecular formula is C28H33F3N2O4S. The molecule has 0 spiro atoms. The number of benzene rings is 2. The smallest absolute Gasteiger partial charge is 0.270 e. The second kappa shape index (κ2) is 11.1. The highest BCUT2D eigenvalue weighted by molar-refractivity contribution is 7.91. The highest BCUT2D eigenvalue weighted by Crippen LogP contribution is 2.42. The molecule has 0 aromatic heterocycles. The molecule has 4 rings (SSSR count). The molecule has 2 fully saturated rings. The zero-order valence-corrected chi connectivity index (χ0v) is 22.4. The molecule has 2 aromatic rings. The number of piperidine rings is 1. The molecule has 0 bridgehead atoms. The van der Waals surface area contributed by atoms with Crippen molar-refractivity contribution in [2.45, 2.75) is 75.3 Å². The van der Waals surface area contributed by atoms with Crippen molar-refractivity contribution in [1.29, 1.82) is 0 Å². The number of rotatable bonds is 9. The molecule has 38 heavy (non-hydrogen) atoms. The zero-order valence-electron chi connectivity index (χ0n) is 21.6. The van der Waals surface area contributed by atoms with Gasteiger partial charge < -0.3 is 10.2 Å². The highest BCUT2D eigenvalue weighted by atomic mass is 32.2. The third kappa shape index (κ3) is 6.22. The summed E-state index contributed by atoms with van der Waals surface area (Å²) < 4.78 is 67.3. The molecule has 2 amide bonds. The van der Waals surface area contributed by atoms with E-state index < -0.39 is 51.0 Å². The summed E-state index contributed by atoms with van der Waals surface area (Å²) in [6, 6.07) is 7.65. The van der Waals surface area contributed by atoms with Crippen LogP contribution in [0.15, 0.2) is 47.4 Å². The first-order valence-corrected chi connectivity index (χ1v) is 14.7. The van der Waals surface area contributed by atoms with Gasteiger partial charge in [0, 0.05) is 30.2 Å². The Labute approximate surface area is 221 Å². The molecule has 10 heteroatoms. The lowest BCUT2D eigenvalue weighted by molar-refractivity contribution is -0.127. The topological polar surface area (TPSA) is 83.6 Å². The monoisotopic (exact) mass is 550 g/mol. The van der Waals surface area contributed by atoms with Gasteiger partial charge in [0.15, 0.2) is 9.84 Å². The van der Waals surface area contributed by atoms with Gasteiger partial charge in [-0.15, -0.1) is 0 Å². The summed E-state index contributed by atoms with van der Waals surface area (Å²) in [6.07, 6.45) is 3.80. The Balaban J connectivity index is 1.56. The van der Waals surface area contributed by atoms with Crippen molar-refractivity contribution < 1.29 is 31.2 Å². The van der Waals surface area contributed by atoms with Gasteiger partial charge in [0.2, 0.25) is 5.91 Å². The van der Waals surface area contributed by atoms with Crippen LogP contribution in [0.2, 0.25) is 0 Å². The van der Waals surface area contributed by atoms with Crippen molar-refractivity contribution in [1.82, 2.24) is 10.2 Å². The highest BCUT2D eigenvalue weighted by Gasteiger charge is 2.39. The van der Waals surface area contributed by atoms with E-state index in [-0.39, 0.29) is 27.7 Å². The van der Waals surface area contributed by atoms with Crippen LogP contribution in [0, 0.1) is 11.7 Å². The fourth-order valence-electron chi connectivity index (χ4n) is 5.00. The van der Waals surface area contributed by atoms with Crippen molar-refractivity contribution in [3.05, 3.63) is 65.0 Å². The normalized spacial score (nSPS) is 19.2. The lowest BCUT2D eigenvalue weighted by Gasteiger charge is -2.36. The van der Waals surface area contributed by atoms with Crippen LogP contribution in [0.3, 0.4) is 0 Å². The number of amides is 2. The number of nitrogens with one attached hydrogen (secondary N) is 1. The van der Waals surface area contributed by atoms with E-state index in [0.717, 1.165) is 25.3 Å². The van der Waals surface area contributed by atoms with Gasteiger partial charge in [-0.05, 0) is 68.7 Å². The lowest BCUT2D eigenvalue weighted by atomic mass is 9.96. The molecule has 1 aliphatic carbocycles. The average molecular weight is 551 g/mol. The first kappa shape index (κ1) is 28.1. The Hall–Kier alpha value is -2.88. The van der Waals surface area contributed by atoms with Crippen molar-refractivity contribution in [3.8, 4) is 0 Å². The van der Waals surface area contributed by atoms with E-state index in [1.165, 1.54) is 41.3 Å². The van der Waals surface area contributed by atoms with E-state index in [9.17, 15) is 31.2 Å². The summed E-state index contributed by atoms with van der Waals surface area (Å²) in [5, 5.41) is 2.90. The van der Waals surface area contributed by atoms with Crippen LogP contribution in [0.1, 0.15) is 79.9 Å². The van der Waals surface area contributed by atoms with Crippen molar-refractivity contribution in [3.63, 3.8) is 0 Å². The molecular weight excluding hydrogens is 517 g/mol. The van der Waals surface area contributed by atoms with Crippen LogP contribution in [0.5, 0.6) is 0 Å². The molecule has 206 valence electrons. The second-order valence-electron chi connectivity index (χ2n) is 10.3. The Kier molecular flexibility index (Phi) is 8.20. The third-order valence-electron chi connectivity index (χ3n) is 7.21. The quantitative estimate of drug-likeness (QED) is 0.454. The Bertz CT molecular complexity index is 1310. The van der Waals surface area contributed by atoms with E-state index in [2.05, 4.69) is 5.32 Å². The van der Waals surface area contributed by atoms with E-state index in [4.69, 9.17) is 0 Å². The van der Waals surface area contributed by atoms with Crippen LogP contribution in [-0.4, -0.2) is 43.5 Å². The second-order valence-corrected chi connectivity index (χ2v) is 12.4. The summed E-state index contributed by atoms with van der Waals surface area (Å²) in [7, 11) is -3.53. The van der Waals surface area contributed by atoms with E-state index in [1.807, 2.05) is 0 Å². The van der Waals surface area contributed by atoms with E-state index in [0.29, 0.717) is 32.7 Å². The summed E-state index contributed by atoms with van der Waals surface area (Å²) in [5.41, 5.74) is -0.106. The Morgan fingerprint density at radius 1 is 1.11 bits per heavy atom. The minimum Gasteiger partial charge on any atom is -0.347 e. The van der Waals surface area contributed by atoms with E-state index >= 15 is 0 Å². The summed E-state index contributed by atoms with van der Waals surface area (Å²) >= 11 is 0. The molecule has 2 aromatic carbocycles. The van der Waals surface area contributed by atoms with Gasteiger partial charge in [0.05, 0.1) is 16.7 Å². The number of hydrogen-bond acceptors (Lipinski definition) is 4. The number of sulfone groups is 1. The van der Waals surface area contributed by atoms with Crippen LogP contribution >= 0.6 is 0 Å². The van der Waals surface area contributed by atoms with Crippen LogP contribution in [0.25, 0.3) is 0 Å². The van der Waals surface area contributed by atoms with Gasteiger partial charge in [-0.2, -0.15) is 0 Å². The molecule has 0 unspecified atom stereocenters. The Morgan fingerprint density at radius 2 is 1.84 bits per heavy atom. The standard InChI is InChI=1S/C28H33F3N2O4S/c1-3-15-38(36,37)21-8-6-7-19(16-21)27(35)33-14-5-4-9-24(33)26(34)32-25(18-10-11-18)22-13-12-20(17-23(22)29)28(2,30)31/h6-8,12-13,16-18,24-25H,3-5,9-11,14-15H2,1-2H3,(H,32,34)/t24-,25-/m1/s1. The fourth-order valence-corrected chi connectivity index (χ4v) is 6.37. The number of nitrogens with zero attached hydrogens (tertiary/aromatic N) is 1. The molecule has 6 nitrogen and oxygen atoms in total. The van der Waals surface area contributed by atoms with Crippen molar-refractivity contribution in [2.75, 3.05) is 12.3 Å². The maximum atomic E-state index is 14.9. The average Bonchev–Trinajstić information content (AvgIpc) is 3.72. The minimum atomic E-state index is -3.53. The predicted octanol–water partition coefficient (Wildman–Crippen LogP) is 5.38. The molecule has 1 N–H and O–H groups in total. The van der Waals surface area contributed by atoms with Crippen LogP contribution in [-0.2, 0) is 20.6 Å². The molecule has 1 saturated carbocycles. The first-order valence-electron chi connectivity index (χ1n) is 13.0. The molecule has 1 aliphatic heterocycles. The summed E-state index contributed by atoms with van der Waals surface area (Å²) in [6.45, 7) is 2.79.